The monoisotopic (exact) mass is 446 g/mol. The van der Waals surface area contributed by atoms with Gasteiger partial charge < -0.3 is 14.6 Å². The van der Waals surface area contributed by atoms with Crippen LogP contribution in [0, 0.1) is 6.92 Å². The lowest BCUT2D eigenvalue weighted by molar-refractivity contribution is 0.254. The highest BCUT2D eigenvalue weighted by molar-refractivity contribution is 5.99. The summed E-state index contributed by atoms with van der Waals surface area (Å²) in [5, 5.41) is 11.0. The zero-order chi connectivity index (χ0) is 23.1. The molecule has 0 radical (unpaired) electrons. The van der Waals surface area contributed by atoms with Crippen LogP contribution in [0.1, 0.15) is 49.3 Å². The van der Waals surface area contributed by atoms with E-state index in [1.54, 1.807) is 16.8 Å². The number of nitrogens with zero attached hydrogens (tertiary/aromatic N) is 4. The summed E-state index contributed by atoms with van der Waals surface area (Å²) in [5.74, 6) is 2.58. The van der Waals surface area contributed by atoms with Crippen molar-refractivity contribution in [2.45, 2.75) is 52.6 Å². The van der Waals surface area contributed by atoms with Crippen LogP contribution in [-0.2, 0) is 13.0 Å². The zero-order valence-corrected chi connectivity index (χ0v) is 19.0. The van der Waals surface area contributed by atoms with Crippen LogP contribution in [-0.4, -0.2) is 31.8 Å². The quantitative estimate of drug-likeness (QED) is 0.465. The van der Waals surface area contributed by atoms with E-state index in [2.05, 4.69) is 32.7 Å². The molecule has 5 rings (SSSR count). The van der Waals surface area contributed by atoms with Gasteiger partial charge in [-0.1, -0.05) is 19.0 Å². The van der Waals surface area contributed by atoms with Crippen LogP contribution in [0.25, 0.3) is 10.9 Å². The molecule has 33 heavy (non-hydrogen) atoms. The van der Waals surface area contributed by atoms with Crippen molar-refractivity contribution < 1.29 is 14.1 Å². The van der Waals surface area contributed by atoms with Gasteiger partial charge in [0.15, 0.2) is 5.82 Å². The van der Waals surface area contributed by atoms with Gasteiger partial charge in [0.1, 0.15) is 17.8 Å². The topological polar surface area (TPSA) is 107 Å². The van der Waals surface area contributed by atoms with Crippen LogP contribution in [0.5, 0.6) is 11.6 Å². The molecular weight excluding hydrogens is 420 g/mol. The SMILES string of the molecule is Cc1c(Oc2ncnc3c2CC(C)NC3)ccc2c1ccn2C(=O)Nc1cc(C(C)C)on1. The molecule has 1 aliphatic rings. The maximum absolute atomic E-state index is 12.9. The number of fused-ring (bicyclic) bond motifs is 2. The van der Waals surface area contributed by atoms with Gasteiger partial charge in [-0.25, -0.2) is 14.8 Å². The second-order valence-electron chi connectivity index (χ2n) is 8.70. The smallest absolute Gasteiger partial charge is 0.331 e. The molecule has 9 heteroatoms. The lowest BCUT2D eigenvalue weighted by Crippen LogP contribution is -2.33. The first-order chi connectivity index (χ1) is 15.9. The molecule has 2 N–H and O–H groups in total. The van der Waals surface area contributed by atoms with Crippen molar-refractivity contribution in [1.29, 1.82) is 0 Å². The van der Waals surface area contributed by atoms with Crippen molar-refractivity contribution >= 4 is 22.8 Å². The molecule has 170 valence electrons. The van der Waals surface area contributed by atoms with E-state index in [0.717, 1.165) is 39.9 Å². The fourth-order valence-electron chi connectivity index (χ4n) is 4.05. The van der Waals surface area contributed by atoms with Crippen LogP contribution >= 0.6 is 0 Å². The molecule has 0 bridgehead atoms. The van der Waals surface area contributed by atoms with Crippen molar-refractivity contribution in [3.8, 4) is 11.6 Å². The number of nitrogens with one attached hydrogen (secondary N) is 2. The maximum Gasteiger partial charge on any atom is 0.331 e. The van der Waals surface area contributed by atoms with Gasteiger partial charge in [-0.3, -0.25) is 9.88 Å². The van der Waals surface area contributed by atoms with Gasteiger partial charge in [0.05, 0.1) is 11.2 Å². The van der Waals surface area contributed by atoms with E-state index in [9.17, 15) is 4.79 Å². The normalized spacial score (nSPS) is 15.6. The summed E-state index contributed by atoms with van der Waals surface area (Å²) in [6.45, 7) is 8.82. The summed E-state index contributed by atoms with van der Waals surface area (Å²) in [7, 11) is 0. The number of aryl methyl sites for hydroxylation is 1. The van der Waals surface area contributed by atoms with E-state index in [0.29, 0.717) is 30.0 Å². The van der Waals surface area contributed by atoms with Crippen LogP contribution in [0.3, 0.4) is 0 Å². The molecule has 0 saturated carbocycles. The molecule has 0 fully saturated rings. The zero-order valence-electron chi connectivity index (χ0n) is 19.0. The summed E-state index contributed by atoms with van der Waals surface area (Å²) in [4.78, 5) is 21.6. The predicted molar refractivity (Wildman–Crippen MR) is 124 cm³/mol. The molecule has 4 heterocycles. The van der Waals surface area contributed by atoms with Crippen LogP contribution < -0.4 is 15.4 Å². The highest BCUT2D eigenvalue weighted by atomic mass is 16.5. The molecule has 1 aromatic carbocycles. The fourth-order valence-corrected chi connectivity index (χ4v) is 4.05. The summed E-state index contributed by atoms with van der Waals surface area (Å²) < 4.78 is 13.1. The van der Waals surface area contributed by atoms with Crippen LogP contribution in [0.15, 0.2) is 41.3 Å². The number of amides is 1. The van der Waals surface area contributed by atoms with Gasteiger partial charge in [0.25, 0.3) is 0 Å². The number of aromatic nitrogens is 4. The molecule has 9 nitrogen and oxygen atoms in total. The molecular formula is C24H26N6O3. The highest BCUT2D eigenvalue weighted by Gasteiger charge is 2.22. The van der Waals surface area contributed by atoms with Gasteiger partial charge in [0, 0.05) is 47.3 Å². The summed E-state index contributed by atoms with van der Waals surface area (Å²) in [6.07, 6.45) is 4.08. The third-order valence-corrected chi connectivity index (χ3v) is 5.97. The van der Waals surface area contributed by atoms with E-state index in [1.807, 2.05) is 39.0 Å². The molecule has 1 aliphatic heterocycles. The highest BCUT2D eigenvalue weighted by Crippen LogP contribution is 2.33. The third kappa shape index (κ3) is 3.95. The minimum atomic E-state index is -0.312. The molecule has 1 amide bonds. The Balaban J connectivity index is 1.41. The Labute approximate surface area is 191 Å². The fraction of sp³-hybridized carbons (Fsp3) is 0.333. The number of carbonyl (C=O) groups is 1. The van der Waals surface area contributed by atoms with Crippen molar-refractivity contribution in [1.82, 2.24) is 25.0 Å². The molecule has 0 aliphatic carbocycles. The average molecular weight is 447 g/mol. The van der Waals surface area contributed by atoms with Gasteiger partial charge in [-0.2, -0.15) is 0 Å². The third-order valence-electron chi connectivity index (χ3n) is 5.97. The number of hydrogen-bond donors (Lipinski definition) is 2. The summed E-state index contributed by atoms with van der Waals surface area (Å²) in [6, 6.07) is 7.41. The second kappa shape index (κ2) is 8.32. The van der Waals surface area contributed by atoms with E-state index < -0.39 is 0 Å². The Bertz CT molecular complexity index is 1340. The van der Waals surface area contributed by atoms with Crippen molar-refractivity contribution in [2.24, 2.45) is 0 Å². The van der Waals surface area contributed by atoms with E-state index >= 15 is 0 Å². The van der Waals surface area contributed by atoms with Gasteiger partial charge in [-0.15, -0.1) is 0 Å². The second-order valence-corrected chi connectivity index (χ2v) is 8.70. The number of hydrogen-bond acceptors (Lipinski definition) is 7. The largest absolute Gasteiger partial charge is 0.438 e. The number of rotatable bonds is 4. The van der Waals surface area contributed by atoms with Gasteiger partial charge in [0.2, 0.25) is 5.88 Å². The first-order valence-electron chi connectivity index (χ1n) is 11.0. The Morgan fingerprint density at radius 3 is 2.94 bits per heavy atom. The molecule has 1 atom stereocenters. The average Bonchev–Trinajstić information content (AvgIpc) is 3.43. The molecule has 3 aromatic heterocycles. The van der Waals surface area contributed by atoms with Crippen molar-refractivity contribution in [3.63, 3.8) is 0 Å². The number of ether oxygens (including phenoxy) is 1. The molecule has 0 saturated heterocycles. The number of carbonyl (C=O) groups excluding carboxylic acids is 1. The molecule has 0 spiro atoms. The van der Waals surface area contributed by atoms with E-state index in [4.69, 9.17) is 9.26 Å². The van der Waals surface area contributed by atoms with Crippen molar-refractivity contribution in [2.75, 3.05) is 5.32 Å². The van der Waals surface area contributed by atoms with E-state index in [1.165, 1.54) is 6.33 Å². The van der Waals surface area contributed by atoms with Gasteiger partial charge in [-0.05, 0) is 38.5 Å². The minimum absolute atomic E-state index is 0.191. The summed E-state index contributed by atoms with van der Waals surface area (Å²) >= 11 is 0. The molecule has 1 unspecified atom stereocenters. The van der Waals surface area contributed by atoms with Crippen LogP contribution in [0.2, 0.25) is 0 Å². The van der Waals surface area contributed by atoms with Crippen LogP contribution in [0.4, 0.5) is 10.6 Å². The lowest BCUT2D eigenvalue weighted by Gasteiger charge is -2.23. The standard InChI is InChI=1S/C24H26N6O3/c1-13(2)21-10-22(29-33-21)28-24(31)30-8-7-16-15(4)20(6-5-19(16)30)32-23-17-9-14(3)25-11-18(17)26-12-27-23/h5-8,10,12-14,25H,9,11H2,1-4H3,(H,28,29,31). The minimum Gasteiger partial charge on any atom is -0.438 e. The Morgan fingerprint density at radius 1 is 1.30 bits per heavy atom. The Hall–Kier alpha value is -3.72. The lowest BCUT2D eigenvalue weighted by atomic mass is 10.0. The Morgan fingerprint density at radius 2 is 2.15 bits per heavy atom. The van der Waals surface area contributed by atoms with Gasteiger partial charge >= 0.3 is 6.03 Å². The number of anilines is 1. The Kier molecular flexibility index (Phi) is 5.33. The molecule has 4 aromatic rings. The first kappa shape index (κ1) is 21.1. The maximum atomic E-state index is 12.9. The van der Waals surface area contributed by atoms with Crippen molar-refractivity contribution in [3.05, 3.63) is 59.4 Å². The predicted octanol–water partition coefficient (Wildman–Crippen LogP) is 4.76. The number of benzene rings is 1. The summed E-state index contributed by atoms with van der Waals surface area (Å²) in [5.41, 5.74) is 3.70. The first-order valence-corrected chi connectivity index (χ1v) is 11.0. The van der Waals surface area contributed by atoms with E-state index in [-0.39, 0.29) is 11.9 Å².